The average Bonchev–Trinajstić information content (AvgIpc) is 3.20. The second kappa shape index (κ2) is 11.1. The summed E-state index contributed by atoms with van der Waals surface area (Å²) < 4.78 is 3.98. The first-order valence-electron chi connectivity index (χ1n) is 11.4. The van der Waals surface area contributed by atoms with Crippen molar-refractivity contribution in [2.24, 2.45) is 11.7 Å². The van der Waals surface area contributed by atoms with Crippen LogP contribution in [0.15, 0.2) is 48.5 Å². The zero-order valence-electron chi connectivity index (χ0n) is 20.4. The van der Waals surface area contributed by atoms with Crippen molar-refractivity contribution in [2.75, 3.05) is 17.2 Å². The first kappa shape index (κ1) is 25.9. The van der Waals surface area contributed by atoms with Gasteiger partial charge in [-0.1, -0.05) is 61.4 Å². The van der Waals surface area contributed by atoms with Crippen LogP contribution in [0.4, 0.5) is 11.4 Å². The van der Waals surface area contributed by atoms with Gasteiger partial charge in [0.25, 0.3) is 11.8 Å². The Bertz CT molecular complexity index is 1200. The van der Waals surface area contributed by atoms with Gasteiger partial charge in [-0.15, -0.1) is 0 Å². The number of carbonyl (C=O) groups excluding carboxylic acids is 3. The van der Waals surface area contributed by atoms with Gasteiger partial charge in [-0.25, -0.2) is 0 Å². The molecule has 0 spiro atoms. The maximum Gasteiger partial charge on any atom is 0.273 e. The van der Waals surface area contributed by atoms with Crippen molar-refractivity contribution in [1.29, 1.82) is 0 Å². The molecule has 3 aromatic rings. The van der Waals surface area contributed by atoms with Crippen LogP contribution in [0, 0.1) is 19.8 Å². The van der Waals surface area contributed by atoms with Gasteiger partial charge in [-0.3, -0.25) is 19.3 Å². The van der Waals surface area contributed by atoms with Crippen molar-refractivity contribution in [3.63, 3.8) is 0 Å². The number of aryl methyl sites for hydroxylation is 2. The Morgan fingerprint density at radius 3 is 2.09 bits per heavy atom. The number of nitrogens with one attached hydrogen (secondary N) is 1. The van der Waals surface area contributed by atoms with E-state index >= 15 is 0 Å². The van der Waals surface area contributed by atoms with Gasteiger partial charge in [0.2, 0.25) is 5.91 Å². The lowest BCUT2D eigenvalue weighted by molar-refractivity contribution is -0.122. The van der Waals surface area contributed by atoms with Gasteiger partial charge < -0.3 is 16.8 Å². The minimum absolute atomic E-state index is 0.0477. The van der Waals surface area contributed by atoms with E-state index in [-0.39, 0.29) is 22.2 Å². The summed E-state index contributed by atoms with van der Waals surface area (Å²) in [5, 5.41) is 2.98. The van der Waals surface area contributed by atoms with Crippen molar-refractivity contribution in [1.82, 2.24) is 9.69 Å². The number of aromatic nitrogens is 1. The molecule has 8 nitrogen and oxygen atoms in total. The number of rotatable bonds is 9. The highest BCUT2D eigenvalue weighted by Gasteiger charge is 2.35. The van der Waals surface area contributed by atoms with Gasteiger partial charge in [-0.2, -0.15) is 4.37 Å². The number of benzene rings is 2. The van der Waals surface area contributed by atoms with E-state index in [1.165, 1.54) is 4.90 Å². The van der Waals surface area contributed by atoms with Gasteiger partial charge >= 0.3 is 0 Å². The molecule has 9 heteroatoms. The number of anilines is 2. The smallest absolute Gasteiger partial charge is 0.273 e. The molecule has 5 N–H and O–H groups in total. The molecule has 0 bridgehead atoms. The van der Waals surface area contributed by atoms with E-state index < -0.39 is 17.9 Å². The van der Waals surface area contributed by atoms with E-state index in [2.05, 4.69) is 23.5 Å². The zero-order valence-corrected chi connectivity index (χ0v) is 21.2. The normalized spacial score (nSPS) is 11.8. The Morgan fingerprint density at radius 1 is 1.00 bits per heavy atom. The molecule has 0 fully saturated rings. The topological polar surface area (TPSA) is 131 Å². The van der Waals surface area contributed by atoms with Crippen molar-refractivity contribution in [3.05, 3.63) is 75.8 Å². The molecule has 2 aromatic carbocycles. The van der Waals surface area contributed by atoms with Crippen LogP contribution in [-0.2, 0) is 4.79 Å². The monoisotopic (exact) mass is 493 g/mol. The third kappa shape index (κ3) is 6.05. The number of amides is 3. The summed E-state index contributed by atoms with van der Waals surface area (Å²) in [4.78, 5) is 40.7. The predicted molar refractivity (Wildman–Crippen MR) is 139 cm³/mol. The summed E-state index contributed by atoms with van der Waals surface area (Å²) in [5.74, 6) is -1.27. The van der Waals surface area contributed by atoms with Crippen LogP contribution in [-0.4, -0.2) is 28.6 Å². The van der Waals surface area contributed by atoms with Crippen LogP contribution in [0.25, 0.3) is 0 Å². The van der Waals surface area contributed by atoms with Gasteiger partial charge in [0.15, 0.2) is 5.69 Å². The van der Waals surface area contributed by atoms with Gasteiger partial charge in [-0.05, 0) is 55.4 Å². The molecule has 3 amide bonds. The molecule has 0 saturated heterocycles. The SMILES string of the molecule is Cc1ccc([C@@H](C(=O)NCCC(C)C)N(C(=O)c2snc(C(N)=O)c2N)c2ccc(C)cc2)cc1. The molecular weight excluding hydrogens is 462 g/mol. The summed E-state index contributed by atoms with van der Waals surface area (Å²) in [6.45, 7) is 8.52. The molecule has 35 heavy (non-hydrogen) atoms. The molecule has 0 unspecified atom stereocenters. The summed E-state index contributed by atoms with van der Waals surface area (Å²) in [5.41, 5.74) is 14.4. The summed E-state index contributed by atoms with van der Waals surface area (Å²) in [6.07, 6.45) is 0.800. The van der Waals surface area contributed by atoms with E-state index in [4.69, 9.17) is 11.5 Å². The summed E-state index contributed by atoms with van der Waals surface area (Å²) >= 11 is 0.789. The second-order valence-corrected chi connectivity index (χ2v) is 9.71. The Kier molecular flexibility index (Phi) is 8.24. The van der Waals surface area contributed by atoms with Crippen LogP contribution in [0.2, 0.25) is 0 Å². The largest absolute Gasteiger partial charge is 0.395 e. The molecule has 0 saturated carbocycles. The number of nitrogen functional groups attached to an aromatic ring is 1. The number of nitrogens with two attached hydrogens (primary N) is 2. The standard InChI is InChI=1S/C26H31N5O3S/c1-15(2)13-14-29-25(33)22(18-9-5-16(3)6-10-18)31(19-11-7-17(4)8-12-19)26(34)23-20(27)21(24(28)32)30-35-23/h5-12,15,22H,13-14,27H2,1-4H3,(H2,28,32)(H,29,33)/t22-/m0/s1. The number of nitrogens with zero attached hydrogens (tertiary/aromatic N) is 2. The molecule has 0 aliphatic carbocycles. The molecule has 0 aliphatic rings. The van der Waals surface area contributed by atoms with E-state index in [0.717, 1.165) is 29.1 Å². The predicted octanol–water partition coefficient (Wildman–Crippen LogP) is 3.99. The average molecular weight is 494 g/mol. The van der Waals surface area contributed by atoms with Gasteiger partial charge in [0.1, 0.15) is 10.9 Å². The van der Waals surface area contributed by atoms with Crippen LogP contribution in [0.5, 0.6) is 0 Å². The fourth-order valence-electron chi connectivity index (χ4n) is 3.57. The minimum atomic E-state index is -0.975. The van der Waals surface area contributed by atoms with Crippen LogP contribution >= 0.6 is 11.5 Å². The first-order chi connectivity index (χ1) is 16.6. The minimum Gasteiger partial charge on any atom is -0.395 e. The Balaban J connectivity index is 2.14. The lowest BCUT2D eigenvalue weighted by atomic mass is 10.0. The quantitative estimate of drug-likeness (QED) is 0.415. The molecule has 1 atom stereocenters. The summed E-state index contributed by atoms with van der Waals surface area (Å²) in [6, 6.07) is 13.8. The second-order valence-electron chi connectivity index (χ2n) is 8.94. The van der Waals surface area contributed by atoms with Crippen molar-refractivity contribution < 1.29 is 14.4 Å². The van der Waals surface area contributed by atoms with Crippen molar-refractivity contribution in [2.45, 2.75) is 40.2 Å². The Labute approximate surface area is 209 Å². The van der Waals surface area contributed by atoms with E-state index in [1.54, 1.807) is 12.1 Å². The van der Waals surface area contributed by atoms with Crippen molar-refractivity contribution in [3.8, 4) is 0 Å². The molecule has 1 heterocycles. The van der Waals surface area contributed by atoms with E-state index in [9.17, 15) is 14.4 Å². The third-order valence-corrected chi connectivity index (χ3v) is 6.46. The Hall–Kier alpha value is -3.72. The van der Waals surface area contributed by atoms with Crippen LogP contribution in [0.3, 0.4) is 0 Å². The maximum absolute atomic E-state index is 13.9. The molecule has 0 aliphatic heterocycles. The Morgan fingerprint density at radius 2 is 1.57 bits per heavy atom. The number of hydrogen-bond donors (Lipinski definition) is 3. The highest BCUT2D eigenvalue weighted by Crippen LogP contribution is 2.33. The molecule has 3 rings (SSSR count). The molecule has 1 aromatic heterocycles. The fourth-order valence-corrected chi connectivity index (χ4v) is 4.32. The highest BCUT2D eigenvalue weighted by atomic mass is 32.1. The van der Waals surface area contributed by atoms with Crippen molar-refractivity contribution >= 4 is 40.6 Å². The van der Waals surface area contributed by atoms with Gasteiger partial charge in [0, 0.05) is 12.2 Å². The lowest BCUT2D eigenvalue weighted by Gasteiger charge is -2.31. The zero-order chi connectivity index (χ0) is 25.7. The third-order valence-electron chi connectivity index (χ3n) is 5.61. The maximum atomic E-state index is 13.9. The first-order valence-corrected chi connectivity index (χ1v) is 12.2. The van der Waals surface area contributed by atoms with Crippen LogP contribution in [0.1, 0.15) is 63.2 Å². The highest BCUT2D eigenvalue weighted by molar-refractivity contribution is 7.09. The number of primary amides is 1. The fraction of sp³-hybridized carbons (Fsp3) is 0.308. The summed E-state index contributed by atoms with van der Waals surface area (Å²) in [7, 11) is 0. The molecular formula is C26H31N5O3S. The van der Waals surface area contributed by atoms with Crippen LogP contribution < -0.4 is 21.7 Å². The van der Waals surface area contributed by atoms with Gasteiger partial charge in [0.05, 0.1) is 5.69 Å². The lowest BCUT2D eigenvalue weighted by Crippen LogP contribution is -2.44. The van der Waals surface area contributed by atoms with E-state index in [1.807, 2.05) is 50.2 Å². The number of hydrogen-bond acceptors (Lipinski definition) is 6. The van der Waals surface area contributed by atoms with E-state index in [0.29, 0.717) is 23.7 Å². The number of carbonyl (C=O) groups is 3. The molecule has 0 radical (unpaired) electrons. The molecule has 184 valence electrons.